The molecular formula is C114H100Ir3N12-4. The van der Waals surface area contributed by atoms with Crippen LogP contribution in [0.4, 0.5) is 56.9 Å². The Balaban J connectivity index is 0.000000135. The molecule has 0 amide bonds. The molecule has 0 aliphatic carbocycles. The van der Waals surface area contributed by atoms with E-state index in [9.17, 15) is 0 Å². The number of aromatic nitrogens is 4. The number of para-hydroxylation sites is 9. The molecule has 21 rings (SSSR count). The van der Waals surface area contributed by atoms with Crippen molar-refractivity contribution in [3.05, 3.63) is 472 Å². The fraction of sp³-hybridized carbons (Fsp3) is 0.105. The molecule has 0 bridgehead atoms. The normalized spacial score (nSPS) is 12.3. The van der Waals surface area contributed by atoms with E-state index in [1.807, 2.05) is 141 Å². The van der Waals surface area contributed by atoms with Gasteiger partial charge in [-0.1, -0.05) is 215 Å². The Morgan fingerprint density at radius 3 is 0.845 bits per heavy atom. The maximum Gasteiger partial charge on any atom is 3.00 e. The van der Waals surface area contributed by atoms with E-state index in [0.29, 0.717) is 0 Å². The number of nitrogens with zero attached hydrogens (tertiary/aromatic N) is 12. The number of aryl methyl sites for hydroxylation is 8. The summed E-state index contributed by atoms with van der Waals surface area (Å²) in [4.78, 5) is 17.0. The Morgan fingerprint density at radius 2 is 0.535 bits per heavy atom. The van der Waals surface area contributed by atoms with Crippen LogP contribution in [0.3, 0.4) is 0 Å². The molecule has 15 aromatic carbocycles. The molecular weight excluding hydrogens is 2110 g/mol. The van der Waals surface area contributed by atoms with Crippen LogP contribution in [0.15, 0.2) is 364 Å². The van der Waals surface area contributed by atoms with Crippen LogP contribution in [0.2, 0.25) is 0 Å². The van der Waals surface area contributed by atoms with Gasteiger partial charge in [-0.25, -0.2) is 0 Å². The van der Waals surface area contributed by atoms with Crippen molar-refractivity contribution in [2.75, 3.05) is 62.5 Å². The Kier molecular flexibility index (Phi) is 31.5. The van der Waals surface area contributed by atoms with E-state index in [1.54, 1.807) is 0 Å². The first kappa shape index (κ1) is 93.4. The third-order valence-corrected chi connectivity index (χ3v) is 22.4. The van der Waals surface area contributed by atoms with Crippen molar-refractivity contribution in [3.8, 4) is 78.1 Å². The molecule has 2 aromatic heterocycles. The quantitative estimate of drug-likeness (QED) is 0.111. The minimum atomic E-state index is 0. The molecule has 0 unspecified atom stereocenters. The Hall–Kier alpha value is -13.2. The van der Waals surface area contributed by atoms with Gasteiger partial charge in [-0.3, -0.25) is 9.36 Å². The summed E-state index contributed by atoms with van der Waals surface area (Å²) in [6, 6.07) is 142. The second kappa shape index (κ2) is 43.5. The predicted molar refractivity (Wildman–Crippen MR) is 524 cm³/mol. The van der Waals surface area contributed by atoms with Crippen molar-refractivity contribution >= 4 is 56.9 Å². The van der Waals surface area contributed by atoms with Crippen LogP contribution in [0.5, 0.6) is 0 Å². The summed E-state index contributed by atoms with van der Waals surface area (Å²) in [7, 11) is 8.23. The molecule has 0 saturated carbocycles. The van der Waals surface area contributed by atoms with Crippen molar-refractivity contribution in [2.24, 2.45) is 0 Å². The topological polar surface area (TPSA) is 61.6 Å². The first-order valence-corrected chi connectivity index (χ1v) is 42.4. The van der Waals surface area contributed by atoms with Gasteiger partial charge in [0.1, 0.15) is 0 Å². The fourth-order valence-corrected chi connectivity index (χ4v) is 16.4. The number of hydrogen-bond donors (Lipinski definition) is 0. The van der Waals surface area contributed by atoms with Gasteiger partial charge in [0.2, 0.25) is 0 Å². The molecule has 0 saturated heterocycles. The number of rotatable bonds is 12. The Morgan fingerprint density at radius 1 is 0.248 bits per heavy atom. The third kappa shape index (κ3) is 22.2. The number of anilines is 10. The first-order valence-electron chi connectivity index (χ1n) is 42.4. The second-order valence-electron chi connectivity index (χ2n) is 31.7. The molecule has 0 N–H and O–H groups in total. The molecule has 129 heavy (non-hydrogen) atoms. The van der Waals surface area contributed by atoms with E-state index in [4.69, 9.17) is 0 Å². The van der Waals surface area contributed by atoms with Crippen molar-refractivity contribution in [2.45, 2.75) is 55.4 Å². The van der Waals surface area contributed by atoms with Crippen molar-refractivity contribution in [1.82, 2.24) is 24.5 Å². The average molecular weight is 2210 g/mol. The predicted octanol–water partition coefficient (Wildman–Crippen LogP) is 27.2. The van der Waals surface area contributed by atoms with Gasteiger partial charge in [-0.15, -0.1) is 69.8 Å². The van der Waals surface area contributed by atoms with E-state index < -0.39 is 0 Å². The molecule has 0 spiro atoms. The molecule has 17 aromatic rings. The van der Waals surface area contributed by atoms with E-state index in [2.05, 4.69) is 429 Å². The number of benzene rings is 15. The maximum atomic E-state index is 4.37. The molecule has 15 heteroatoms. The van der Waals surface area contributed by atoms with Crippen molar-refractivity contribution in [1.29, 1.82) is 0 Å². The summed E-state index contributed by atoms with van der Waals surface area (Å²) in [5.74, 6) is 0. The van der Waals surface area contributed by atoms with Crippen molar-refractivity contribution in [3.63, 3.8) is 0 Å². The summed E-state index contributed by atoms with van der Waals surface area (Å²) in [6.07, 6.45) is 4.06. The van der Waals surface area contributed by atoms with Gasteiger partial charge >= 0.3 is 40.2 Å². The SMILES string of the molecule is CN1[CH-]N(c2[c-]cc(-c3ccc(-c4ccccc4)cc3)cc2)c2ccccc21.CN1[CH-]N(c2[c-]cccc2)c2ccccc21.Cc1cc(-c2ccccc2)cc(C)c1-c1c[c-]c(N2C=CN(C)[CH-]2)cc1.Cc1cc(-c2ccccc2)cc(C)c1-c1c[c-]c(N2[CH-]N(C)c3ccccc32)cc1.Cc1cc(C)n(-c2[c-]cccc2)n1.Cc1cc(C)n(-c2[c-]cccc2)n1.[Ir+3].[Ir+3].[Ir]. The largest absolute Gasteiger partial charge is 3.00 e. The van der Waals surface area contributed by atoms with Crippen molar-refractivity contribution < 1.29 is 60.3 Å². The summed E-state index contributed by atoms with van der Waals surface area (Å²) < 4.78 is 3.80. The smallest absolute Gasteiger partial charge is 0.510 e. The molecule has 1 radical (unpaired) electrons. The zero-order chi connectivity index (χ0) is 87.2. The van der Waals surface area contributed by atoms with E-state index >= 15 is 0 Å². The molecule has 4 aliphatic rings. The zero-order valence-electron chi connectivity index (χ0n) is 74.3. The second-order valence-corrected chi connectivity index (χ2v) is 31.7. The summed E-state index contributed by atoms with van der Waals surface area (Å²) in [6.45, 7) is 25.2. The van der Waals surface area contributed by atoms with Crippen LogP contribution < -0.4 is 34.3 Å². The van der Waals surface area contributed by atoms with Crippen LogP contribution in [-0.4, -0.2) is 52.7 Å². The molecule has 6 heterocycles. The molecule has 4 aliphatic heterocycles. The van der Waals surface area contributed by atoms with Gasteiger partial charge in [0, 0.05) is 65.6 Å². The van der Waals surface area contributed by atoms with Crippen LogP contribution >= 0.6 is 0 Å². The summed E-state index contributed by atoms with van der Waals surface area (Å²) in [5, 5.41) is 8.73. The van der Waals surface area contributed by atoms with Gasteiger partial charge in [0.25, 0.3) is 0 Å². The maximum absolute atomic E-state index is 4.37. The van der Waals surface area contributed by atoms with E-state index in [0.717, 1.165) is 56.9 Å². The Labute approximate surface area is 803 Å². The van der Waals surface area contributed by atoms with Crippen LogP contribution in [0.25, 0.3) is 78.1 Å². The average Bonchev–Trinajstić information content (AvgIpc) is 1.09. The molecule has 0 fully saturated rings. The zero-order valence-corrected chi connectivity index (χ0v) is 81.5. The molecule has 12 nitrogen and oxygen atoms in total. The van der Waals surface area contributed by atoms with Gasteiger partial charge in [-0.05, 0) is 189 Å². The van der Waals surface area contributed by atoms with Crippen LogP contribution in [0.1, 0.15) is 45.0 Å². The molecule has 0 atom stereocenters. The summed E-state index contributed by atoms with van der Waals surface area (Å²) in [5.41, 5.74) is 37.8. The Bertz CT molecular complexity index is 6390. The number of hydrogen-bond acceptors (Lipinski definition) is 10. The van der Waals surface area contributed by atoms with Gasteiger partial charge in [-0.2, -0.15) is 170 Å². The monoisotopic (exact) mass is 2220 g/mol. The summed E-state index contributed by atoms with van der Waals surface area (Å²) >= 11 is 0. The third-order valence-electron chi connectivity index (χ3n) is 22.4. The standard InChI is InChI=1S/C28H24N2.C26H20N2.C24H22N2.C14H12N2.2C11H11N2.3Ir/c1-20-17-24(22-9-5-4-6-10-22)18-21(2)28(20)23-13-15-25(16-14-23)30-19-29(3)26-11-7-8-12-27(26)30;1-27-19-28(26-10-6-5-9-25(26)27)24-17-15-23(16-18-24)22-13-11-21(12-14-22)20-7-3-2-4-8-20;1-18-15-22(20-7-5-4-6-8-20)16-19(2)24(18)21-9-11-23(12-10-21)26-14-13-25(3)17-26;1-15-11-16(12-7-3-2-4-8-12)14-10-6-5-9-13(14)15;2*1-9-8-10(2)13(12-9)11-6-4-3-5-7-11;;;/h4-15,17-19H,1-3H3;2-17,19H,1H3;4-11,13-17H,1-3H3;2-7,9-11H,1H3;2*3-6,8H,1-2H3;;;/q4*-2;2*-1;;2*+3. The minimum Gasteiger partial charge on any atom is -0.510 e. The minimum absolute atomic E-state index is 0. The first-order chi connectivity index (χ1) is 61.4. The van der Waals surface area contributed by atoms with Crippen LogP contribution in [-0.2, 0) is 60.3 Å². The van der Waals surface area contributed by atoms with Gasteiger partial charge in [0.15, 0.2) is 0 Å². The van der Waals surface area contributed by atoms with Gasteiger partial charge < -0.3 is 39.2 Å². The number of fused-ring (bicyclic) bond motifs is 3. The van der Waals surface area contributed by atoms with Gasteiger partial charge in [0.05, 0.1) is 11.4 Å². The molecule has 647 valence electrons. The van der Waals surface area contributed by atoms with E-state index in [1.165, 1.54) is 123 Å². The van der Waals surface area contributed by atoms with Crippen LogP contribution in [0, 0.1) is 118 Å². The van der Waals surface area contributed by atoms with E-state index in [-0.39, 0.29) is 60.3 Å². The fourth-order valence-electron chi connectivity index (χ4n) is 16.4.